The van der Waals surface area contributed by atoms with E-state index in [1.165, 1.54) is 18.2 Å². The highest BCUT2D eigenvalue weighted by molar-refractivity contribution is 7.90. The van der Waals surface area contributed by atoms with E-state index in [9.17, 15) is 12.8 Å². The average molecular weight is 305 g/mol. The third-order valence-electron chi connectivity index (χ3n) is 2.83. The van der Waals surface area contributed by atoms with Crippen molar-refractivity contribution < 1.29 is 18.5 Å². The summed E-state index contributed by atoms with van der Waals surface area (Å²) in [6.45, 7) is 0.129. The molecular weight excluding hydrogens is 293 g/mol. The van der Waals surface area contributed by atoms with Gasteiger partial charge in [-0.3, -0.25) is 5.87 Å². The molecule has 0 fully saturated rings. The van der Waals surface area contributed by atoms with Gasteiger partial charge in [0.1, 0.15) is 12.4 Å². The fourth-order valence-corrected chi connectivity index (χ4v) is 2.79. The second-order valence-electron chi connectivity index (χ2n) is 4.20. The first-order valence-electron chi connectivity index (χ1n) is 6.03. The van der Waals surface area contributed by atoms with Crippen LogP contribution in [0.2, 0.25) is 0 Å². The molecule has 0 amide bonds. The van der Waals surface area contributed by atoms with Crippen LogP contribution in [0.3, 0.4) is 0 Å². The minimum Gasteiger partial charge on any atom is -0.763 e. The third kappa shape index (κ3) is 3.22. The van der Waals surface area contributed by atoms with Gasteiger partial charge in [-0.15, -0.1) is 0 Å². The molecule has 2 rings (SSSR count). The molecule has 0 saturated heterocycles. The maximum absolute atomic E-state index is 13.4. The molecule has 1 aromatic rings. The van der Waals surface area contributed by atoms with E-state index in [0.29, 0.717) is 0 Å². The third-order valence-corrected chi connectivity index (χ3v) is 4.11. The molecule has 0 spiro atoms. The average Bonchev–Trinajstić information content (AvgIpc) is 2.47. The van der Waals surface area contributed by atoms with Crippen molar-refractivity contribution in [3.8, 4) is 0 Å². The molecule has 1 aliphatic rings. The summed E-state index contributed by atoms with van der Waals surface area (Å²) in [6, 6.07) is 3.41. The van der Waals surface area contributed by atoms with Gasteiger partial charge in [0.15, 0.2) is 0 Å². The summed E-state index contributed by atoms with van der Waals surface area (Å²) in [5.41, 5.74) is 3.95. The van der Waals surface area contributed by atoms with Gasteiger partial charge in [0.2, 0.25) is 0 Å². The summed E-state index contributed by atoms with van der Waals surface area (Å²) >= 11 is 0. The second kappa shape index (κ2) is 5.97. The quantitative estimate of drug-likeness (QED) is 0.843. The van der Waals surface area contributed by atoms with Crippen molar-refractivity contribution in [3.05, 3.63) is 64.9 Å². The molecule has 0 aromatic heterocycles. The summed E-state index contributed by atoms with van der Waals surface area (Å²) in [4.78, 5) is -0.129. The lowest BCUT2D eigenvalue weighted by Gasteiger charge is -2.07. The highest BCUT2D eigenvalue weighted by atomic mass is 32.2. The van der Waals surface area contributed by atoms with Crippen LogP contribution in [0.4, 0.5) is 4.39 Å². The lowest BCUT2D eigenvalue weighted by atomic mass is 10.1. The Morgan fingerprint density at radius 1 is 1.29 bits per heavy atom. The minimum absolute atomic E-state index is 0.0560. The molecule has 0 bridgehead atoms. The number of nitrogens with zero attached hydrogens (tertiary/aromatic N) is 2. The normalized spacial score (nSPS) is 16.3. The largest absolute Gasteiger partial charge is 0.763 e. The zero-order valence-electron chi connectivity index (χ0n) is 11.0. The molecule has 7 heteroatoms. The Morgan fingerprint density at radius 3 is 2.67 bits per heavy atom. The Hall–Kier alpha value is -2.34. The molecule has 21 heavy (non-hydrogen) atoms. The van der Waals surface area contributed by atoms with E-state index in [2.05, 4.69) is 10.1 Å². The molecular formula is C14H12FN3O2S. The maximum atomic E-state index is 13.4. The number of benzene rings is 1. The van der Waals surface area contributed by atoms with Crippen LogP contribution in [-0.4, -0.2) is 20.0 Å². The van der Waals surface area contributed by atoms with Gasteiger partial charge < -0.3 is 11.1 Å². The molecule has 3 N–H and O–H groups in total. The van der Waals surface area contributed by atoms with Crippen molar-refractivity contribution in [2.45, 2.75) is 11.4 Å². The van der Waals surface area contributed by atoms with E-state index in [0.717, 1.165) is 12.1 Å². The molecule has 0 unspecified atom stereocenters. The van der Waals surface area contributed by atoms with Gasteiger partial charge >= 0.3 is 0 Å². The van der Waals surface area contributed by atoms with Gasteiger partial charge in [-0.1, -0.05) is 12.2 Å². The van der Waals surface area contributed by atoms with Crippen LogP contribution >= 0.6 is 0 Å². The number of allylic oxidation sites excluding steroid dienone is 5. The Morgan fingerprint density at radius 2 is 2.00 bits per heavy atom. The SMILES string of the molecule is [N-]=C=C1C=CC=C/C1=N/S(=O)(=O)c1ccc(F)c(C[NH3+])c1. The van der Waals surface area contributed by atoms with Crippen molar-refractivity contribution in [3.63, 3.8) is 0 Å². The first-order valence-corrected chi connectivity index (χ1v) is 7.47. The zero-order chi connectivity index (χ0) is 15.5. The topological polar surface area (TPSA) is 96.4 Å². The molecule has 108 valence electrons. The van der Waals surface area contributed by atoms with Gasteiger partial charge in [0, 0.05) is 11.1 Å². The smallest absolute Gasteiger partial charge is 0.282 e. The zero-order valence-corrected chi connectivity index (χ0v) is 11.8. The molecule has 0 atom stereocenters. The first-order chi connectivity index (χ1) is 9.97. The van der Waals surface area contributed by atoms with Crippen LogP contribution in [0.25, 0.3) is 5.41 Å². The standard InChI is InChI=1S/C14H11FN3O2S/c15-13-6-5-12(7-11(13)9-17)21(19,20)18-14-4-2-1-3-10(14)8-16/h1-7H,9,17H2/q-1/p+1/b18-14-. The molecule has 5 nitrogen and oxygen atoms in total. The summed E-state index contributed by atoms with van der Waals surface area (Å²) in [7, 11) is -4.02. The van der Waals surface area contributed by atoms with Gasteiger partial charge in [-0.05, 0) is 30.4 Å². The Balaban J connectivity index is 2.50. The summed E-state index contributed by atoms with van der Waals surface area (Å²) < 4.78 is 41.5. The highest BCUT2D eigenvalue weighted by Crippen LogP contribution is 2.18. The van der Waals surface area contributed by atoms with Gasteiger partial charge in [-0.2, -0.15) is 12.8 Å². The molecule has 1 aliphatic carbocycles. The number of quaternary nitrogens is 1. The molecule has 0 saturated carbocycles. The van der Waals surface area contributed by atoms with E-state index in [1.807, 2.05) is 5.87 Å². The molecule has 0 radical (unpaired) electrons. The first kappa shape index (κ1) is 15.1. The fraction of sp³-hybridized carbons (Fsp3) is 0.0714. The van der Waals surface area contributed by atoms with E-state index in [1.54, 1.807) is 12.2 Å². The second-order valence-corrected chi connectivity index (χ2v) is 5.80. The van der Waals surface area contributed by atoms with E-state index in [4.69, 9.17) is 5.41 Å². The predicted molar refractivity (Wildman–Crippen MR) is 77.8 cm³/mol. The van der Waals surface area contributed by atoms with Gasteiger partial charge in [-0.25, -0.2) is 4.39 Å². The van der Waals surface area contributed by atoms with Crippen LogP contribution in [0.5, 0.6) is 0 Å². The lowest BCUT2D eigenvalue weighted by molar-refractivity contribution is -0.387. The predicted octanol–water partition coefficient (Wildman–Crippen LogP) is 0.989. The van der Waals surface area contributed by atoms with Gasteiger partial charge in [0.25, 0.3) is 10.0 Å². The van der Waals surface area contributed by atoms with Crippen LogP contribution in [0.1, 0.15) is 5.56 Å². The molecule has 0 heterocycles. The summed E-state index contributed by atoms with van der Waals surface area (Å²) in [5, 5.41) is 8.94. The van der Waals surface area contributed by atoms with Crippen LogP contribution < -0.4 is 5.73 Å². The minimum atomic E-state index is -4.02. The molecule has 1 aromatic carbocycles. The number of sulfonamides is 1. The highest BCUT2D eigenvalue weighted by Gasteiger charge is 2.17. The number of hydrogen-bond donors (Lipinski definition) is 1. The number of halogens is 1. The summed E-state index contributed by atoms with van der Waals surface area (Å²) in [5.74, 6) is 1.36. The molecule has 0 aliphatic heterocycles. The Bertz CT molecular complexity index is 817. The maximum Gasteiger partial charge on any atom is 0.282 e. The Kier molecular flexibility index (Phi) is 4.28. The van der Waals surface area contributed by atoms with Crippen LogP contribution in [0.15, 0.2) is 57.4 Å². The van der Waals surface area contributed by atoms with Crippen molar-refractivity contribution in [1.82, 2.24) is 0 Å². The van der Waals surface area contributed by atoms with Crippen molar-refractivity contribution in [2.75, 3.05) is 0 Å². The summed E-state index contributed by atoms with van der Waals surface area (Å²) in [6.07, 6.45) is 6.10. The van der Waals surface area contributed by atoms with Crippen molar-refractivity contribution >= 4 is 21.6 Å². The van der Waals surface area contributed by atoms with Crippen molar-refractivity contribution in [1.29, 1.82) is 0 Å². The van der Waals surface area contributed by atoms with Crippen LogP contribution in [-0.2, 0) is 16.6 Å². The monoisotopic (exact) mass is 305 g/mol. The Labute approximate surface area is 121 Å². The lowest BCUT2D eigenvalue weighted by Crippen LogP contribution is -2.47. The van der Waals surface area contributed by atoms with E-state index < -0.39 is 15.8 Å². The van der Waals surface area contributed by atoms with Crippen molar-refractivity contribution in [2.24, 2.45) is 4.40 Å². The van der Waals surface area contributed by atoms with E-state index >= 15 is 0 Å². The fourth-order valence-electron chi connectivity index (χ4n) is 1.73. The number of rotatable bonds is 3. The van der Waals surface area contributed by atoms with E-state index in [-0.39, 0.29) is 28.3 Å². The van der Waals surface area contributed by atoms with Gasteiger partial charge in [0.05, 0.1) is 10.6 Å². The van der Waals surface area contributed by atoms with Crippen LogP contribution in [0, 0.1) is 5.82 Å². The number of hydrogen-bond acceptors (Lipinski definition) is 2.